The second-order valence-corrected chi connectivity index (χ2v) is 9.69. The molecular formula is C25H26N2O6S. The number of carbonyl (C=O) groups is 1. The minimum Gasteiger partial charge on any atom is -0.493 e. The number of anilines is 1. The molecule has 8 nitrogen and oxygen atoms in total. The van der Waals surface area contributed by atoms with Crippen molar-refractivity contribution in [2.75, 3.05) is 33.2 Å². The van der Waals surface area contributed by atoms with Crippen LogP contribution in [0.2, 0.25) is 0 Å². The molecule has 1 aliphatic rings. The number of methoxy groups -OCH3 is 3. The van der Waals surface area contributed by atoms with E-state index < -0.39 is 10.0 Å². The van der Waals surface area contributed by atoms with Gasteiger partial charge in [-0.1, -0.05) is 24.3 Å². The van der Waals surface area contributed by atoms with Crippen molar-refractivity contribution in [1.29, 1.82) is 0 Å². The van der Waals surface area contributed by atoms with Gasteiger partial charge in [0.15, 0.2) is 11.5 Å². The normalized spacial score (nSPS) is 13.6. The summed E-state index contributed by atoms with van der Waals surface area (Å²) in [4.78, 5) is 13.2. The SMILES string of the molecule is COc1cc(C(=O)Nc2ccc3c(c2)CN(S(=O)(=O)c2ccccc2)CC3)cc(OC)c1OC. The average Bonchev–Trinajstić information content (AvgIpc) is 2.87. The smallest absolute Gasteiger partial charge is 0.255 e. The number of ether oxygens (including phenoxy) is 3. The van der Waals surface area contributed by atoms with Crippen LogP contribution in [0, 0.1) is 0 Å². The monoisotopic (exact) mass is 482 g/mol. The third kappa shape index (κ3) is 4.57. The molecule has 4 rings (SSSR count). The van der Waals surface area contributed by atoms with E-state index in [2.05, 4.69) is 5.32 Å². The zero-order valence-electron chi connectivity index (χ0n) is 19.2. The molecule has 34 heavy (non-hydrogen) atoms. The van der Waals surface area contributed by atoms with Crippen LogP contribution < -0.4 is 19.5 Å². The van der Waals surface area contributed by atoms with E-state index in [-0.39, 0.29) is 17.3 Å². The van der Waals surface area contributed by atoms with E-state index in [0.29, 0.717) is 41.5 Å². The Morgan fingerprint density at radius 3 is 2.18 bits per heavy atom. The molecular weight excluding hydrogens is 456 g/mol. The summed E-state index contributed by atoms with van der Waals surface area (Å²) in [6.07, 6.45) is 0.600. The highest BCUT2D eigenvalue weighted by atomic mass is 32.2. The van der Waals surface area contributed by atoms with Gasteiger partial charge in [0, 0.05) is 24.3 Å². The van der Waals surface area contributed by atoms with Crippen LogP contribution in [0.1, 0.15) is 21.5 Å². The van der Waals surface area contributed by atoms with Crippen molar-refractivity contribution in [3.63, 3.8) is 0 Å². The van der Waals surface area contributed by atoms with E-state index in [1.165, 1.54) is 25.6 Å². The maximum absolute atomic E-state index is 13.0. The van der Waals surface area contributed by atoms with Crippen LogP contribution in [0.3, 0.4) is 0 Å². The standard InChI is InChI=1S/C25H26N2O6S/c1-31-22-14-18(15-23(32-2)24(22)33-3)25(28)26-20-10-9-17-11-12-27(16-19(17)13-20)34(29,30)21-7-5-4-6-8-21/h4-10,13-15H,11-12,16H2,1-3H3,(H,26,28). The maximum Gasteiger partial charge on any atom is 0.255 e. The van der Waals surface area contributed by atoms with Crippen molar-refractivity contribution in [2.24, 2.45) is 0 Å². The molecule has 0 spiro atoms. The molecule has 3 aromatic rings. The highest BCUT2D eigenvalue weighted by molar-refractivity contribution is 7.89. The van der Waals surface area contributed by atoms with E-state index >= 15 is 0 Å². The van der Waals surface area contributed by atoms with Gasteiger partial charge in [-0.3, -0.25) is 4.79 Å². The van der Waals surface area contributed by atoms with Gasteiger partial charge in [0.1, 0.15) is 0 Å². The molecule has 0 atom stereocenters. The summed E-state index contributed by atoms with van der Waals surface area (Å²) in [7, 11) is 0.863. The highest BCUT2D eigenvalue weighted by Gasteiger charge is 2.28. The molecule has 0 aliphatic carbocycles. The van der Waals surface area contributed by atoms with Crippen molar-refractivity contribution < 1.29 is 27.4 Å². The molecule has 1 N–H and O–H groups in total. The number of fused-ring (bicyclic) bond motifs is 1. The summed E-state index contributed by atoms with van der Waals surface area (Å²) in [5, 5.41) is 2.87. The van der Waals surface area contributed by atoms with Crippen LogP contribution in [0.4, 0.5) is 5.69 Å². The van der Waals surface area contributed by atoms with Crippen LogP contribution in [-0.4, -0.2) is 46.5 Å². The minimum absolute atomic E-state index is 0.237. The van der Waals surface area contributed by atoms with Crippen LogP contribution in [0.15, 0.2) is 65.6 Å². The number of rotatable bonds is 7. The summed E-state index contributed by atoms with van der Waals surface area (Å²) < 4.78 is 43.5. The number of benzene rings is 3. The fourth-order valence-corrected chi connectivity index (χ4v) is 5.41. The van der Waals surface area contributed by atoms with Gasteiger partial charge in [-0.25, -0.2) is 8.42 Å². The van der Waals surface area contributed by atoms with Gasteiger partial charge in [-0.2, -0.15) is 4.31 Å². The topological polar surface area (TPSA) is 94.2 Å². The second-order valence-electron chi connectivity index (χ2n) is 7.75. The number of sulfonamides is 1. The first kappa shape index (κ1) is 23.6. The average molecular weight is 483 g/mol. The second kappa shape index (κ2) is 9.74. The Balaban J connectivity index is 1.56. The van der Waals surface area contributed by atoms with Gasteiger partial charge >= 0.3 is 0 Å². The summed E-state index contributed by atoms with van der Waals surface area (Å²) in [5.41, 5.74) is 2.82. The first-order valence-corrected chi connectivity index (χ1v) is 12.1. The Hall–Kier alpha value is -3.56. The molecule has 0 aromatic heterocycles. The Labute approximate surface area is 199 Å². The zero-order chi connectivity index (χ0) is 24.3. The van der Waals surface area contributed by atoms with E-state index in [9.17, 15) is 13.2 Å². The van der Waals surface area contributed by atoms with Crippen molar-refractivity contribution in [3.8, 4) is 17.2 Å². The first-order valence-electron chi connectivity index (χ1n) is 10.7. The lowest BCUT2D eigenvalue weighted by molar-refractivity contribution is 0.102. The van der Waals surface area contributed by atoms with Crippen LogP contribution in [-0.2, 0) is 23.0 Å². The molecule has 0 fully saturated rings. The molecule has 178 valence electrons. The van der Waals surface area contributed by atoms with Crippen molar-refractivity contribution in [3.05, 3.63) is 77.4 Å². The van der Waals surface area contributed by atoms with Gasteiger partial charge < -0.3 is 19.5 Å². The van der Waals surface area contributed by atoms with Crippen LogP contribution in [0.25, 0.3) is 0 Å². The van der Waals surface area contributed by atoms with Gasteiger partial charge in [0.2, 0.25) is 15.8 Å². The molecule has 3 aromatic carbocycles. The number of hydrogen-bond donors (Lipinski definition) is 1. The fraction of sp³-hybridized carbons (Fsp3) is 0.240. The number of carbonyl (C=O) groups excluding carboxylic acids is 1. The number of nitrogens with one attached hydrogen (secondary N) is 1. The van der Waals surface area contributed by atoms with Crippen LogP contribution in [0.5, 0.6) is 17.2 Å². The molecule has 9 heteroatoms. The lowest BCUT2D eigenvalue weighted by Gasteiger charge is -2.28. The summed E-state index contributed by atoms with van der Waals surface area (Å²) in [6.45, 7) is 0.641. The van der Waals surface area contributed by atoms with E-state index in [1.807, 2.05) is 18.2 Å². The Morgan fingerprint density at radius 1 is 0.882 bits per heavy atom. The molecule has 1 amide bonds. The molecule has 0 radical (unpaired) electrons. The summed E-state index contributed by atoms with van der Waals surface area (Å²) in [6, 6.07) is 17.1. The van der Waals surface area contributed by atoms with Crippen molar-refractivity contribution in [2.45, 2.75) is 17.9 Å². The Bertz CT molecular complexity index is 1280. The lowest BCUT2D eigenvalue weighted by Crippen LogP contribution is -2.36. The lowest BCUT2D eigenvalue weighted by atomic mass is 10.0. The number of nitrogens with zero attached hydrogens (tertiary/aromatic N) is 1. The molecule has 1 heterocycles. The predicted octanol–water partition coefficient (Wildman–Crippen LogP) is 3.71. The van der Waals surface area contributed by atoms with Crippen molar-refractivity contribution >= 4 is 21.6 Å². The van der Waals surface area contributed by atoms with E-state index in [1.54, 1.807) is 42.5 Å². The molecule has 1 aliphatic heterocycles. The van der Waals surface area contributed by atoms with Crippen LogP contribution >= 0.6 is 0 Å². The minimum atomic E-state index is -3.60. The Morgan fingerprint density at radius 2 is 1.56 bits per heavy atom. The highest BCUT2D eigenvalue weighted by Crippen LogP contribution is 2.38. The third-order valence-electron chi connectivity index (χ3n) is 5.75. The van der Waals surface area contributed by atoms with E-state index in [4.69, 9.17) is 14.2 Å². The molecule has 0 saturated carbocycles. The van der Waals surface area contributed by atoms with Gasteiger partial charge in [-0.15, -0.1) is 0 Å². The number of amides is 1. The summed E-state index contributed by atoms with van der Waals surface area (Å²) >= 11 is 0. The first-order chi connectivity index (χ1) is 16.4. The predicted molar refractivity (Wildman–Crippen MR) is 128 cm³/mol. The largest absolute Gasteiger partial charge is 0.493 e. The van der Waals surface area contributed by atoms with Crippen molar-refractivity contribution in [1.82, 2.24) is 4.31 Å². The van der Waals surface area contributed by atoms with Gasteiger partial charge in [0.05, 0.1) is 26.2 Å². The van der Waals surface area contributed by atoms with Gasteiger partial charge in [0.25, 0.3) is 5.91 Å². The molecule has 0 unspecified atom stereocenters. The third-order valence-corrected chi connectivity index (χ3v) is 7.61. The van der Waals surface area contributed by atoms with E-state index in [0.717, 1.165) is 11.1 Å². The molecule has 0 saturated heterocycles. The maximum atomic E-state index is 13.0. The fourth-order valence-electron chi connectivity index (χ4n) is 3.97. The molecule has 0 bridgehead atoms. The quantitative estimate of drug-likeness (QED) is 0.552. The number of hydrogen-bond acceptors (Lipinski definition) is 6. The Kier molecular flexibility index (Phi) is 6.76. The zero-order valence-corrected chi connectivity index (χ0v) is 20.0. The van der Waals surface area contributed by atoms with Gasteiger partial charge in [-0.05, 0) is 53.9 Å². The summed E-state index contributed by atoms with van der Waals surface area (Å²) in [5.74, 6) is 0.789.